The quantitative estimate of drug-likeness (QED) is 0.902. The van der Waals surface area contributed by atoms with E-state index >= 15 is 0 Å². The van der Waals surface area contributed by atoms with Crippen LogP contribution in [0.5, 0.6) is 0 Å². The smallest absolute Gasteiger partial charge is 0.259 e. The van der Waals surface area contributed by atoms with Gasteiger partial charge < -0.3 is 10.0 Å². The van der Waals surface area contributed by atoms with Gasteiger partial charge in [-0.05, 0) is 37.7 Å². The van der Waals surface area contributed by atoms with E-state index in [4.69, 9.17) is 0 Å². The number of nitrogens with zero attached hydrogens (tertiary/aromatic N) is 1. The van der Waals surface area contributed by atoms with Gasteiger partial charge in [0, 0.05) is 19.0 Å². The van der Waals surface area contributed by atoms with Gasteiger partial charge in [-0.3, -0.25) is 4.79 Å². The van der Waals surface area contributed by atoms with Crippen LogP contribution in [0.25, 0.3) is 0 Å². The van der Waals surface area contributed by atoms with Crippen LogP contribution in [-0.2, 0) is 10.4 Å². The van der Waals surface area contributed by atoms with E-state index in [1.54, 1.807) is 0 Å². The summed E-state index contributed by atoms with van der Waals surface area (Å²) in [7, 11) is 0. The van der Waals surface area contributed by atoms with Crippen LogP contribution in [0.2, 0.25) is 0 Å². The summed E-state index contributed by atoms with van der Waals surface area (Å²) in [6.45, 7) is 1.47. The summed E-state index contributed by atoms with van der Waals surface area (Å²) in [5, 5.41) is 11.0. The number of amides is 1. The van der Waals surface area contributed by atoms with E-state index in [0.29, 0.717) is 0 Å². The van der Waals surface area contributed by atoms with Crippen LogP contribution in [0.3, 0.4) is 0 Å². The molecule has 1 amide bonds. The zero-order valence-electron chi connectivity index (χ0n) is 11.1. The first kappa shape index (κ1) is 12.7. The van der Waals surface area contributed by atoms with E-state index in [1.165, 1.54) is 0 Å². The Labute approximate surface area is 114 Å². The average Bonchev–Trinajstić information content (AvgIpc) is 3.32. The molecule has 1 aromatic rings. The summed E-state index contributed by atoms with van der Waals surface area (Å²) in [5.41, 5.74) is -0.560. The maximum atomic E-state index is 12.8. The Morgan fingerprint density at radius 1 is 1.16 bits per heavy atom. The van der Waals surface area contributed by atoms with Crippen molar-refractivity contribution in [3.63, 3.8) is 0 Å². The normalized spacial score (nSPS) is 22.9. The zero-order chi connectivity index (χ0) is 13.3. The molecular weight excluding hydrogens is 238 g/mol. The van der Waals surface area contributed by atoms with Crippen molar-refractivity contribution in [2.75, 3.05) is 13.1 Å². The Kier molecular flexibility index (Phi) is 3.31. The molecule has 3 nitrogen and oxygen atoms in total. The highest BCUT2D eigenvalue weighted by atomic mass is 16.3. The summed E-state index contributed by atoms with van der Waals surface area (Å²) in [4.78, 5) is 14.6. The van der Waals surface area contributed by atoms with Gasteiger partial charge >= 0.3 is 0 Å². The molecule has 0 spiro atoms. The van der Waals surface area contributed by atoms with Gasteiger partial charge in [0.15, 0.2) is 5.60 Å². The van der Waals surface area contributed by atoms with Gasteiger partial charge in [0.05, 0.1) is 0 Å². The van der Waals surface area contributed by atoms with Crippen molar-refractivity contribution in [2.45, 2.75) is 31.3 Å². The van der Waals surface area contributed by atoms with Crippen LogP contribution in [-0.4, -0.2) is 29.0 Å². The summed E-state index contributed by atoms with van der Waals surface area (Å²) in [5.74, 6) is -0.0115. The Bertz CT molecular complexity index is 449. The van der Waals surface area contributed by atoms with E-state index in [-0.39, 0.29) is 11.8 Å². The molecule has 1 atom stereocenters. The molecule has 0 bridgehead atoms. The number of piperidine rings is 1. The van der Waals surface area contributed by atoms with Crippen LogP contribution >= 0.6 is 0 Å². The number of hydrogen-bond acceptors (Lipinski definition) is 2. The molecule has 1 radical (unpaired) electrons. The number of hydrogen-bond donors (Lipinski definition) is 1. The Morgan fingerprint density at radius 2 is 1.79 bits per heavy atom. The SMILES string of the molecule is O=C(N1CC[CH]CC1)C(O)(c1ccccc1)C1CC1. The van der Waals surface area contributed by atoms with E-state index in [9.17, 15) is 9.90 Å². The molecule has 101 valence electrons. The molecule has 1 heterocycles. The molecule has 3 rings (SSSR count). The van der Waals surface area contributed by atoms with Crippen LogP contribution in [0.15, 0.2) is 30.3 Å². The second-order valence-electron chi connectivity index (χ2n) is 5.56. The average molecular weight is 258 g/mol. The lowest BCUT2D eigenvalue weighted by Gasteiger charge is -2.36. The molecule has 2 aliphatic rings. The van der Waals surface area contributed by atoms with Crippen LogP contribution in [0, 0.1) is 12.3 Å². The Morgan fingerprint density at radius 3 is 2.37 bits per heavy atom. The first-order valence-electron chi connectivity index (χ1n) is 7.12. The largest absolute Gasteiger partial charge is 0.375 e. The van der Waals surface area contributed by atoms with Gasteiger partial charge in [-0.2, -0.15) is 0 Å². The van der Waals surface area contributed by atoms with Gasteiger partial charge in [0.1, 0.15) is 0 Å². The molecule has 19 heavy (non-hydrogen) atoms. The van der Waals surface area contributed by atoms with Gasteiger partial charge in [0.25, 0.3) is 5.91 Å². The minimum atomic E-state index is -1.31. The third kappa shape index (κ3) is 2.27. The number of likely N-dealkylation sites (tertiary alicyclic amines) is 1. The molecule has 0 aromatic heterocycles. The van der Waals surface area contributed by atoms with Gasteiger partial charge in [-0.1, -0.05) is 30.3 Å². The summed E-state index contributed by atoms with van der Waals surface area (Å²) in [6, 6.07) is 9.43. The second kappa shape index (κ2) is 4.97. The third-order valence-corrected chi connectivity index (χ3v) is 4.20. The summed E-state index contributed by atoms with van der Waals surface area (Å²) < 4.78 is 0. The van der Waals surface area contributed by atoms with Crippen molar-refractivity contribution in [3.05, 3.63) is 42.3 Å². The predicted octanol–water partition coefficient (Wildman–Crippen LogP) is 2.11. The highest BCUT2D eigenvalue weighted by Gasteiger charge is 2.52. The van der Waals surface area contributed by atoms with Crippen molar-refractivity contribution < 1.29 is 9.90 Å². The fourth-order valence-electron chi connectivity index (χ4n) is 2.92. The van der Waals surface area contributed by atoms with Crippen molar-refractivity contribution in [2.24, 2.45) is 5.92 Å². The van der Waals surface area contributed by atoms with Gasteiger partial charge in [-0.15, -0.1) is 0 Å². The zero-order valence-corrected chi connectivity index (χ0v) is 11.1. The molecule has 1 saturated heterocycles. The lowest BCUT2D eigenvalue weighted by atomic mass is 9.86. The highest BCUT2D eigenvalue weighted by molar-refractivity contribution is 5.87. The van der Waals surface area contributed by atoms with E-state index < -0.39 is 5.60 Å². The van der Waals surface area contributed by atoms with Gasteiger partial charge in [0.2, 0.25) is 0 Å². The van der Waals surface area contributed by atoms with Crippen LogP contribution in [0.4, 0.5) is 0 Å². The van der Waals surface area contributed by atoms with Crippen molar-refractivity contribution in [1.82, 2.24) is 4.90 Å². The maximum Gasteiger partial charge on any atom is 0.259 e. The van der Waals surface area contributed by atoms with Crippen molar-refractivity contribution in [1.29, 1.82) is 0 Å². The summed E-state index contributed by atoms with van der Waals surface area (Å²) in [6.07, 6.45) is 5.96. The molecule has 1 aliphatic heterocycles. The number of benzene rings is 1. The first-order chi connectivity index (χ1) is 9.23. The molecule has 3 heteroatoms. The Hall–Kier alpha value is -1.35. The molecule has 1 saturated carbocycles. The predicted molar refractivity (Wildman–Crippen MR) is 73.2 cm³/mol. The Balaban J connectivity index is 1.89. The fraction of sp³-hybridized carbons (Fsp3) is 0.500. The monoisotopic (exact) mass is 258 g/mol. The highest BCUT2D eigenvalue weighted by Crippen LogP contribution is 2.47. The number of carbonyl (C=O) groups is 1. The fourth-order valence-corrected chi connectivity index (χ4v) is 2.92. The number of carbonyl (C=O) groups excluding carboxylic acids is 1. The van der Waals surface area contributed by atoms with Crippen molar-refractivity contribution in [3.8, 4) is 0 Å². The molecule has 1 aromatic carbocycles. The lowest BCUT2D eigenvalue weighted by molar-refractivity contribution is -0.155. The van der Waals surface area contributed by atoms with E-state index in [2.05, 4.69) is 6.42 Å². The molecule has 2 fully saturated rings. The van der Waals surface area contributed by atoms with E-state index in [0.717, 1.165) is 44.3 Å². The lowest BCUT2D eigenvalue weighted by Crippen LogP contribution is -2.50. The minimum Gasteiger partial charge on any atom is -0.375 e. The maximum absolute atomic E-state index is 12.8. The van der Waals surface area contributed by atoms with E-state index in [1.807, 2.05) is 35.2 Å². The number of aliphatic hydroxyl groups is 1. The minimum absolute atomic E-state index is 0.0910. The number of rotatable bonds is 3. The molecule has 1 N–H and O–H groups in total. The third-order valence-electron chi connectivity index (χ3n) is 4.20. The molecule has 1 aliphatic carbocycles. The second-order valence-corrected chi connectivity index (χ2v) is 5.56. The van der Waals surface area contributed by atoms with Crippen LogP contribution < -0.4 is 0 Å². The molecular formula is C16H20NO2. The first-order valence-corrected chi connectivity index (χ1v) is 7.12. The molecule has 1 unspecified atom stereocenters. The van der Waals surface area contributed by atoms with Crippen LogP contribution in [0.1, 0.15) is 31.2 Å². The summed E-state index contributed by atoms with van der Waals surface area (Å²) >= 11 is 0. The van der Waals surface area contributed by atoms with Crippen molar-refractivity contribution >= 4 is 5.91 Å². The topological polar surface area (TPSA) is 40.5 Å². The standard InChI is InChI=1S/C16H20NO2/c18-15(17-11-5-2-6-12-17)16(19,14-9-10-14)13-7-3-1-4-8-13/h1-4,7-8,14,19H,5-6,9-12H2. The van der Waals surface area contributed by atoms with Gasteiger partial charge in [-0.25, -0.2) is 0 Å².